The second-order valence-electron chi connectivity index (χ2n) is 11.4. The standard InChI is InChI=1S/C29H48N4O5/c1-9-11-12-18-31-25(35)24(21-15-13-14-20(3)19-21)33(29(7,8)10-2)26(36)22(16-17-23(30)34)32-27(37)38-28(4,5)6/h13-15,19,22,24H,9-12,16-18H2,1-8H3,(H2,30,34)(H,31,35)(H,32,37). The number of nitrogens with one attached hydrogen (secondary N) is 2. The Hall–Kier alpha value is -3.10. The molecule has 0 saturated carbocycles. The Morgan fingerprint density at radius 3 is 2.24 bits per heavy atom. The summed E-state index contributed by atoms with van der Waals surface area (Å²) in [5.41, 5.74) is 5.44. The van der Waals surface area contributed by atoms with Crippen molar-refractivity contribution >= 4 is 23.8 Å². The van der Waals surface area contributed by atoms with Gasteiger partial charge in [0.1, 0.15) is 17.7 Å². The van der Waals surface area contributed by atoms with Crippen LogP contribution in [-0.2, 0) is 19.1 Å². The van der Waals surface area contributed by atoms with Crippen molar-refractivity contribution in [2.24, 2.45) is 5.73 Å². The van der Waals surface area contributed by atoms with Crippen LogP contribution < -0.4 is 16.4 Å². The molecule has 0 saturated heterocycles. The number of nitrogens with zero attached hydrogens (tertiary/aromatic N) is 1. The molecule has 38 heavy (non-hydrogen) atoms. The van der Waals surface area contributed by atoms with E-state index in [4.69, 9.17) is 10.5 Å². The minimum atomic E-state index is -1.12. The van der Waals surface area contributed by atoms with Crippen molar-refractivity contribution in [3.63, 3.8) is 0 Å². The van der Waals surface area contributed by atoms with Crippen LogP contribution in [0.4, 0.5) is 4.79 Å². The van der Waals surface area contributed by atoms with Gasteiger partial charge in [-0.1, -0.05) is 56.5 Å². The lowest BCUT2D eigenvalue weighted by atomic mass is 9.91. The van der Waals surface area contributed by atoms with Gasteiger partial charge in [-0.3, -0.25) is 14.4 Å². The van der Waals surface area contributed by atoms with Gasteiger partial charge < -0.3 is 26.0 Å². The van der Waals surface area contributed by atoms with Crippen molar-refractivity contribution in [3.8, 4) is 0 Å². The third kappa shape index (κ3) is 10.7. The molecule has 0 spiro atoms. The van der Waals surface area contributed by atoms with Crippen molar-refractivity contribution in [1.29, 1.82) is 0 Å². The maximum atomic E-state index is 14.3. The molecule has 0 radical (unpaired) electrons. The van der Waals surface area contributed by atoms with Crippen LogP contribution in [0.15, 0.2) is 24.3 Å². The third-order valence-corrected chi connectivity index (χ3v) is 6.37. The van der Waals surface area contributed by atoms with E-state index in [1.807, 2.05) is 52.0 Å². The van der Waals surface area contributed by atoms with Crippen molar-refractivity contribution in [3.05, 3.63) is 35.4 Å². The quantitative estimate of drug-likeness (QED) is 0.303. The highest BCUT2D eigenvalue weighted by molar-refractivity contribution is 5.93. The summed E-state index contributed by atoms with van der Waals surface area (Å²) < 4.78 is 5.38. The average molecular weight is 533 g/mol. The molecule has 1 aromatic rings. The molecule has 9 heteroatoms. The summed E-state index contributed by atoms with van der Waals surface area (Å²) in [6.07, 6.45) is 2.43. The summed E-state index contributed by atoms with van der Waals surface area (Å²) in [5.74, 6) is -1.38. The normalized spacial score (nSPS) is 13.3. The molecule has 9 nitrogen and oxygen atoms in total. The maximum Gasteiger partial charge on any atom is 0.408 e. The molecule has 0 aliphatic heterocycles. The van der Waals surface area contributed by atoms with Crippen LogP contribution >= 0.6 is 0 Å². The number of carbonyl (C=O) groups excluding carboxylic acids is 4. The lowest BCUT2D eigenvalue weighted by molar-refractivity contribution is -0.149. The van der Waals surface area contributed by atoms with E-state index in [0.717, 1.165) is 24.8 Å². The van der Waals surface area contributed by atoms with E-state index in [-0.39, 0.29) is 18.7 Å². The second kappa shape index (κ2) is 14.7. The van der Waals surface area contributed by atoms with Crippen LogP contribution in [0, 0.1) is 6.92 Å². The molecule has 2 atom stereocenters. The number of amides is 4. The Kier molecular flexibility index (Phi) is 12.8. The smallest absolute Gasteiger partial charge is 0.408 e. The molecular weight excluding hydrogens is 484 g/mol. The Morgan fingerprint density at radius 2 is 1.71 bits per heavy atom. The van der Waals surface area contributed by atoms with Crippen LogP contribution in [0.1, 0.15) is 104 Å². The summed E-state index contributed by atoms with van der Waals surface area (Å²) in [7, 11) is 0. The van der Waals surface area contributed by atoms with Gasteiger partial charge in [-0.2, -0.15) is 0 Å². The molecule has 4 amide bonds. The Morgan fingerprint density at radius 1 is 1.05 bits per heavy atom. The fourth-order valence-electron chi connectivity index (χ4n) is 4.05. The maximum absolute atomic E-state index is 14.3. The Balaban J connectivity index is 3.58. The van der Waals surface area contributed by atoms with Gasteiger partial charge in [-0.25, -0.2) is 4.79 Å². The van der Waals surface area contributed by atoms with E-state index in [0.29, 0.717) is 18.5 Å². The molecule has 4 N–H and O–H groups in total. The first kappa shape index (κ1) is 32.9. The number of ether oxygens (including phenoxy) is 1. The number of alkyl carbamates (subject to hydrolysis) is 1. The molecule has 0 aliphatic rings. The molecule has 0 aromatic heterocycles. The topological polar surface area (TPSA) is 131 Å². The van der Waals surface area contributed by atoms with Crippen molar-refractivity contribution < 1.29 is 23.9 Å². The molecule has 1 rings (SSSR count). The van der Waals surface area contributed by atoms with E-state index >= 15 is 0 Å². The van der Waals surface area contributed by atoms with Crippen LogP contribution in [0.3, 0.4) is 0 Å². The summed E-state index contributed by atoms with van der Waals surface area (Å²) in [4.78, 5) is 53.8. The Bertz CT molecular complexity index is 955. The van der Waals surface area contributed by atoms with E-state index in [2.05, 4.69) is 17.6 Å². The van der Waals surface area contributed by atoms with Crippen LogP contribution in [0.2, 0.25) is 0 Å². The van der Waals surface area contributed by atoms with Crippen molar-refractivity contribution in [2.75, 3.05) is 6.54 Å². The van der Waals surface area contributed by atoms with E-state index in [1.165, 1.54) is 0 Å². The first-order valence-corrected chi connectivity index (χ1v) is 13.6. The van der Waals surface area contributed by atoms with Gasteiger partial charge in [-0.15, -0.1) is 0 Å². The number of hydrogen-bond acceptors (Lipinski definition) is 5. The van der Waals surface area contributed by atoms with Crippen LogP contribution in [0.5, 0.6) is 0 Å². The van der Waals surface area contributed by atoms with Crippen molar-refractivity contribution in [1.82, 2.24) is 15.5 Å². The lowest BCUT2D eigenvalue weighted by Gasteiger charge is -2.44. The molecule has 1 aromatic carbocycles. The molecule has 0 bridgehead atoms. The zero-order valence-corrected chi connectivity index (χ0v) is 24.5. The predicted octanol–water partition coefficient (Wildman–Crippen LogP) is 4.52. The molecule has 0 fully saturated rings. The van der Waals surface area contributed by atoms with E-state index < -0.39 is 41.1 Å². The first-order valence-electron chi connectivity index (χ1n) is 13.6. The van der Waals surface area contributed by atoms with E-state index in [9.17, 15) is 19.2 Å². The van der Waals surface area contributed by atoms with Gasteiger partial charge in [0.25, 0.3) is 0 Å². The summed E-state index contributed by atoms with van der Waals surface area (Å²) in [5, 5.41) is 5.64. The van der Waals surface area contributed by atoms with Gasteiger partial charge in [0.2, 0.25) is 17.7 Å². The highest BCUT2D eigenvalue weighted by Crippen LogP contribution is 2.33. The molecular formula is C29H48N4O5. The highest BCUT2D eigenvalue weighted by atomic mass is 16.6. The number of carbonyl (C=O) groups is 4. The van der Waals surface area contributed by atoms with E-state index in [1.54, 1.807) is 25.7 Å². The van der Waals surface area contributed by atoms with Crippen LogP contribution in [-0.4, -0.2) is 52.4 Å². The molecule has 0 aliphatic carbocycles. The fraction of sp³-hybridized carbons (Fsp3) is 0.655. The summed E-state index contributed by atoms with van der Waals surface area (Å²) in [6.45, 7) is 15.4. The number of rotatable bonds is 14. The van der Waals surface area contributed by atoms with Gasteiger partial charge in [0, 0.05) is 18.5 Å². The summed E-state index contributed by atoms with van der Waals surface area (Å²) >= 11 is 0. The minimum absolute atomic E-state index is 0.0254. The fourth-order valence-corrected chi connectivity index (χ4v) is 4.05. The number of primary amides is 1. The average Bonchev–Trinajstić information content (AvgIpc) is 2.80. The third-order valence-electron chi connectivity index (χ3n) is 6.37. The lowest BCUT2D eigenvalue weighted by Crippen LogP contribution is -2.59. The largest absolute Gasteiger partial charge is 0.444 e. The second-order valence-corrected chi connectivity index (χ2v) is 11.4. The number of benzene rings is 1. The number of nitrogens with two attached hydrogens (primary N) is 1. The van der Waals surface area contributed by atoms with Crippen LogP contribution in [0.25, 0.3) is 0 Å². The van der Waals surface area contributed by atoms with Crippen molar-refractivity contribution in [2.45, 2.75) is 117 Å². The number of aryl methyl sites for hydroxylation is 1. The van der Waals surface area contributed by atoms with Gasteiger partial charge in [-0.05, 0) is 66.4 Å². The number of hydrogen-bond donors (Lipinski definition) is 3. The molecule has 2 unspecified atom stereocenters. The zero-order valence-electron chi connectivity index (χ0n) is 24.5. The number of unbranched alkanes of at least 4 members (excludes halogenated alkanes) is 2. The zero-order chi connectivity index (χ0) is 29.1. The monoisotopic (exact) mass is 532 g/mol. The molecule has 214 valence electrons. The van der Waals surface area contributed by atoms with Gasteiger partial charge in [0.05, 0.1) is 0 Å². The van der Waals surface area contributed by atoms with Gasteiger partial charge in [0.15, 0.2) is 0 Å². The molecule has 0 heterocycles. The minimum Gasteiger partial charge on any atom is -0.444 e. The SMILES string of the molecule is CCCCCNC(=O)C(c1cccc(C)c1)N(C(=O)C(CCC(N)=O)NC(=O)OC(C)(C)C)C(C)(C)CC. The predicted molar refractivity (Wildman–Crippen MR) is 149 cm³/mol. The Labute approximate surface area is 228 Å². The summed E-state index contributed by atoms with van der Waals surface area (Å²) in [6, 6.07) is 5.43. The first-order chi connectivity index (χ1) is 17.6. The highest BCUT2D eigenvalue weighted by Gasteiger charge is 2.43. The van der Waals surface area contributed by atoms with Gasteiger partial charge >= 0.3 is 6.09 Å².